The fraction of sp³-hybridized carbons (Fsp3) is 0.579. The zero-order valence-electron chi connectivity index (χ0n) is 16.3. The van der Waals surface area contributed by atoms with Crippen molar-refractivity contribution in [1.82, 2.24) is 24.8 Å². The second kappa shape index (κ2) is 9.32. The van der Waals surface area contributed by atoms with Crippen molar-refractivity contribution in [1.29, 1.82) is 0 Å². The van der Waals surface area contributed by atoms with E-state index in [0.717, 1.165) is 61.1 Å². The maximum atomic E-state index is 11.9. The Kier molecular flexibility index (Phi) is 6.84. The number of hydrogen-bond donors (Lipinski definition) is 1. The molecule has 27 heavy (non-hydrogen) atoms. The fourth-order valence-corrected chi connectivity index (χ4v) is 3.86. The number of nitrogens with zero attached hydrogens (tertiary/aromatic N) is 5. The molecule has 0 radical (unpaired) electrons. The van der Waals surface area contributed by atoms with Gasteiger partial charge in [0.2, 0.25) is 5.95 Å². The molecule has 1 saturated heterocycles. The van der Waals surface area contributed by atoms with Crippen molar-refractivity contribution < 1.29 is 0 Å². The largest absolute Gasteiger partial charge is 0.348 e. The molecule has 0 atom stereocenters. The van der Waals surface area contributed by atoms with Crippen LogP contribution in [0.5, 0.6) is 0 Å². The molecule has 3 heterocycles. The van der Waals surface area contributed by atoms with Crippen molar-refractivity contribution in [3.63, 3.8) is 0 Å². The Balaban J connectivity index is 1.55. The van der Waals surface area contributed by atoms with Gasteiger partial charge < -0.3 is 4.90 Å². The van der Waals surface area contributed by atoms with E-state index >= 15 is 0 Å². The Hall–Kier alpha value is -1.93. The maximum Gasteiger partial charge on any atom is 0.252 e. The highest BCUT2D eigenvalue weighted by Crippen LogP contribution is 2.27. The van der Waals surface area contributed by atoms with Gasteiger partial charge in [-0.1, -0.05) is 18.7 Å². The van der Waals surface area contributed by atoms with E-state index in [1.54, 1.807) is 17.8 Å². The number of aromatic amines is 1. The van der Waals surface area contributed by atoms with E-state index in [0.29, 0.717) is 11.9 Å². The van der Waals surface area contributed by atoms with E-state index in [2.05, 4.69) is 31.8 Å². The summed E-state index contributed by atoms with van der Waals surface area (Å²) in [4.78, 5) is 32.5. The van der Waals surface area contributed by atoms with Crippen LogP contribution in [0, 0.1) is 0 Å². The summed E-state index contributed by atoms with van der Waals surface area (Å²) in [5, 5.41) is 0.858. The van der Waals surface area contributed by atoms with Crippen molar-refractivity contribution in [2.45, 2.75) is 43.8 Å². The van der Waals surface area contributed by atoms with Gasteiger partial charge in [-0.25, -0.2) is 15.0 Å². The number of rotatable bonds is 7. The second-order valence-electron chi connectivity index (χ2n) is 7.16. The first-order chi connectivity index (χ1) is 13.0. The van der Waals surface area contributed by atoms with E-state index in [1.165, 1.54) is 0 Å². The van der Waals surface area contributed by atoms with Crippen LogP contribution in [0.15, 0.2) is 28.4 Å². The maximum absolute atomic E-state index is 11.9. The van der Waals surface area contributed by atoms with Crippen molar-refractivity contribution >= 4 is 17.7 Å². The highest BCUT2D eigenvalue weighted by molar-refractivity contribution is 7.99. The summed E-state index contributed by atoms with van der Waals surface area (Å²) in [5.74, 6) is 2.02. The van der Waals surface area contributed by atoms with Gasteiger partial charge in [-0.2, -0.15) is 0 Å². The van der Waals surface area contributed by atoms with Crippen LogP contribution in [0.3, 0.4) is 0 Å². The lowest BCUT2D eigenvalue weighted by atomic mass is 9.93. The third-order valence-electron chi connectivity index (χ3n) is 4.70. The number of anilines is 1. The van der Waals surface area contributed by atoms with Gasteiger partial charge in [-0.15, -0.1) is 0 Å². The fourth-order valence-electron chi connectivity index (χ4n) is 3.22. The number of piperidine rings is 1. The van der Waals surface area contributed by atoms with Crippen LogP contribution in [0.2, 0.25) is 0 Å². The Morgan fingerprint density at radius 1 is 1.26 bits per heavy atom. The molecule has 0 saturated carbocycles. The number of H-pyrrole nitrogens is 1. The zero-order chi connectivity index (χ0) is 19.2. The molecular weight excluding hydrogens is 360 g/mol. The molecule has 0 amide bonds. The lowest BCUT2D eigenvalue weighted by molar-refractivity contribution is 0.202. The third kappa shape index (κ3) is 5.52. The Bertz CT molecular complexity index is 784. The summed E-state index contributed by atoms with van der Waals surface area (Å²) in [6.07, 6.45) is 7.03. The molecule has 2 aromatic rings. The standard InChI is InChI=1S/C19H28N6OS/c1-4-9-27-19-20-11-14(12-21-19)13-25-7-5-15(6-8-25)16-10-17(26)23-18(22-16)24(2)3/h10-12,15H,4-9,13H2,1-3H3,(H,22,23,26). The van der Waals surface area contributed by atoms with Crippen LogP contribution < -0.4 is 10.5 Å². The smallest absolute Gasteiger partial charge is 0.252 e. The molecule has 0 spiro atoms. The highest BCUT2D eigenvalue weighted by atomic mass is 32.2. The Morgan fingerprint density at radius 3 is 2.59 bits per heavy atom. The number of thioether (sulfide) groups is 1. The summed E-state index contributed by atoms with van der Waals surface area (Å²) >= 11 is 1.70. The first-order valence-electron chi connectivity index (χ1n) is 9.49. The molecule has 1 fully saturated rings. The predicted octanol–water partition coefficient (Wildman–Crippen LogP) is 2.51. The van der Waals surface area contributed by atoms with Crippen LogP contribution >= 0.6 is 11.8 Å². The summed E-state index contributed by atoms with van der Waals surface area (Å²) < 4.78 is 0. The first kappa shape index (κ1) is 19.8. The second-order valence-corrected chi connectivity index (χ2v) is 8.22. The molecule has 0 aromatic carbocycles. The molecule has 8 heteroatoms. The summed E-state index contributed by atoms with van der Waals surface area (Å²) in [6.45, 7) is 5.01. The van der Waals surface area contributed by atoms with Gasteiger partial charge >= 0.3 is 0 Å². The van der Waals surface area contributed by atoms with Crippen LogP contribution in [-0.2, 0) is 6.54 Å². The quantitative estimate of drug-likeness (QED) is 0.577. The monoisotopic (exact) mass is 388 g/mol. The number of aromatic nitrogens is 4. The van der Waals surface area contributed by atoms with E-state index < -0.39 is 0 Å². The van der Waals surface area contributed by atoms with E-state index in [9.17, 15) is 4.79 Å². The molecule has 0 unspecified atom stereocenters. The van der Waals surface area contributed by atoms with E-state index in [4.69, 9.17) is 0 Å². The lowest BCUT2D eigenvalue weighted by Crippen LogP contribution is -2.33. The number of likely N-dealkylation sites (tertiary alicyclic amines) is 1. The van der Waals surface area contributed by atoms with Crippen molar-refractivity contribution in [3.05, 3.63) is 40.1 Å². The minimum Gasteiger partial charge on any atom is -0.348 e. The van der Waals surface area contributed by atoms with E-state index in [-0.39, 0.29) is 5.56 Å². The average molecular weight is 389 g/mol. The molecule has 0 bridgehead atoms. The highest BCUT2D eigenvalue weighted by Gasteiger charge is 2.23. The molecule has 2 aromatic heterocycles. The average Bonchev–Trinajstić information content (AvgIpc) is 2.67. The van der Waals surface area contributed by atoms with E-state index in [1.807, 2.05) is 31.4 Å². The van der Waals surface area contributed by atoms with Crippen molar-refractivity contribution in [3.8, 4) is 0 Å². The lowest BCUT2D eigenvalue weighted by Gasteiger charge is -2.31. The van der Waals surface area contributed by atoms with Crippen LogP contribution in [0.4, 0.5) is 5.95 Å². The molecule has 1 aliphatic rings. The molecular formula is C19H28N6OS. The molecule has 7 nitrogen and oxygen atoms in total. The Labute approximate surface area is 164 Å². The molecule has 1 aliphatic heterocycles. The minimum absolute atomic E-state index is 0.0793. The van der Waals surface area contributed by atoms with Crippen molar-refractivity contribution in [2.75, 3.05) is 37.8 Å². The van der Waals surface area contributed by atoms with Gasteiger partial charge in [0.05, 0.1) is 5.69 Å². The van der Waals surface area contributed by atoms with Crippen LogP contribution in [-0.4, -0.2) is 57.8 Å². The number of hydrogen-bond acceptors (Lipinski definition) is 7. The van der Waals surface area contributed by atoms with Gasteiger partial charge in [0, 0.05) is 56.3 Å². The van der Waals surface area contributed by atoms with Crippen LogP contribution in [0.25, 0.3) is 0 Å². The van der Waals surface area contributed by atoms with Crippen LogP contribution in [0.1, 0.15) is 43.4 Å². The van der Waals surface area contributed by atoms with Crippen molar-refractivity contribution in [2.24, 2.45) is 0 Å². The summed E-state index contributed by atoms with van der Waals surface area (Å²) in [6, 6.07) is 1.65. The first-order valence-corrected chi connectivity index (χ1v) is 10.5. The molecule has 0 aliphatic carbocycles. The van der Waals surface area contributed by atoms with Gasteiger partial charge in [0.25, 0.3) is 5.56 Å². The normalized spacial score (nSPS) is 15.8. The topological polar surface area (TPSA) is 78.0 Å². The summed E-state index contributed by atoms with van der Waals surface area (Å²) in [5.41, 5.74) is 1.98. The van der Waals surface area contributed by atoms with Gasteiger partial charge in [-0.3, -0.25) is 14.7 Å². The molecule has 3 rings (SSSR count). The van der Waals surface area contributed by atoms with Gasteiger partial charge in [0.1, 0.15) is 0 Å². The SMILES string of the molecule is CCCSc1ncc(CN2CCC(c3cc(=O)[nH]c(N(C)C)n3)CC2)cn1. The minimum atomic E-state index is -0.0793. The summed E-state index contributed by atoms with van der Waals surface area (Å²) in [7, 11) is 3.78. The zero-order valence-corrected chi connectivity index (χ0v) is 17.1. The Morgan fingerprint density at radius 2 is 1.96 bits per heavy atom. The predicted molar refractivity (Wildman–Crippen MR) is 109 cm³/mol. The molecule has 1 N–H and O–H groups in total. The van der Waals surface area contributed by atoms with Gasteiger partial charge in [-0.05, 0) is 32.4 Å². The van der Waals surface area contributed by atoms with Gasteiger partial charge in [0.15, 0.2) is 5.16 Å². The number of nitrogens with one attached hydrogen (secondary N) is 1. The molecule has 146 valence electrons. The third-order valence-corrected chi connectivity index (χ3v) is 5.78.